The second kappa shape index (κ2) is 13.1. The number of aromatic nitrogens is 1. The molecule has 3 heterocycles. The SMILES string of the molecule is Cl.Cl.O=C1COc2cc(Cl)c(CNCC3CC(O)CN(CCn4c(=O)ccc5ccc(F)cc54)C3)cc2N1. The highest BCUT2D eigenvalue weighted by atomic mass is 35.5. The first-order chi connectivity index (χ1) is 17.4. The van der Waals surface area contributed by atoms with Gasteiger partial charge in [-0.05, 0) is 60.2 Å². The molecular formula is C26H30Cl3FN4O4. The van der Waals surface area contributed by atoms with Crippen LogP contribution in [0.25, 0.3) is 10.9 Å². The lowest BCUT2D eigenvalue weighted by molar-refractivity contribution is -0.118. The number of fused-ring (bicyclic) bond motifs is 2. The average Bonchev–Trinajstić information content (AvgIpc) is 2.83. The number of amides is 1. The summed E-state index contributed by atoms with van der Waals surface area (Å²) in [6.07, 6.45) is 0.206. The lowest BCUT2D eigenvalue weighted by Crippen LogP contribution is -2.47. The van der Waals surface area contributed by atoms with Crippen LogP contribution in [-0.4, -0.2) is 59.4 Å². The van der Waals surface area contributed by atoms with Gasteiger partial charge in [0.05, 0.1) is 17.3 Å². The van der Waals surface area contributed by atoms with Crippen LogP contribution in [0.5, 0.6) is 5.75 Å². The molecule has 8 nitrogen and oxygen atoms in total. The van der Waals surface area contributed by atoms with Crippen molar-refractivity contribution in [3.05, 3.63) is 69.2 Å². The van der Waals surface area contributed by atoms with Gasteiger partial charge in [0.25, 0.3) is 11.5 Å². The zero-order chi connectivity index (χ0) is 25.2. The van der Waals surface area contributed by atoms with Crippen molar-refractivity contribution < 1.29 is 19.0 Å². The van der Waals surface area contributed by atoms with Gasteiger partial charge in [0.2, 0.25) is 0 Å². The van der Waals surface area contributed by atoms with Crippen LogP contribution >= 0.6 is 36.4 Å². The van der Waals surface area contributed by atoms with Crippen LogP contribution < -0.4 is 20.9 Å². The Kier molecular flexibility index (Phi) is 10.4. The van der Waals surface area contributed by atoms with Crippen LogP contribution in [0, 0.1) is 11.7 Å². The number of nitrogens with zero attached hydrogens (tertiary/aromatic N) is 2. The smallest absolute Gasteiger partial charge is 0.262 e. The van der Waals surface area contributed by atoms with E-state index < -0.39 is 6.10 Å². The maximum absolute atomic E-state index is 13.8. The first kappa shape index (κ1) is 30.1. The number of β-amino-alcohol motifs (C(OH)–C–C–N with tert-alkyl or cyclic N) is 1. The highest BCUT2D eigenvalue weighted by molar-refractivity contribution is 6.31. The number of pyridine rings is 1. The molecular weight excluding hydrogens is 558 g/mol. The van der Waals surface area contributed by atoms with Gasteiger partial charge in [-0.1, -0.05) is 11.6 Å². The minimum atomic E-state index is -0.466. The van der Waals surface area contributed by atoms with Gasteiger partial charge in [-0.3, -0.25) is 14.5 Å². The van der Waals surface area contributed by atoms with Gasteiger partial charge in [0, 0.05) is 49.9 Å². The molecule has 206 valence electrons. The summed E-state index contributed by atoms with van der Waals surface area (Å²) < 4.78 is 20.8. The quantitative estimate of drug-likeness (QED) is 0.392. The number of aliphatic hydroxyl groups is 1. The van der Waals surface area contributed by atoms with E-state index in [2.05, 4.69) is 15.5 Å². The maximum Gasteiger partial charge on any atom is 0.262 e. The number of piperidine rings is 1. The van der Waals surface area contributed by atoms with Crippen molar-refractivity contribution in [1.29, 1.82) is 0 Å². The molecule has 2 atom stereocenters. The van der Waals surface area contributed by atoms with Gasteiger partial charge < -0.3 is 25.0 Å². The van der Waals surface area contributed by atoms with Crippen molar-refractivity contribution in [3.8, 4) is 5.75 Å². The Morgan fingerprint density at radius 2 is 1.89 bits per heavy atom. The lowest BCUT2D eigenvalue weighted by atomic mass is 9.95. The second-order valence-electron chi connectivity index (χ2n) is 9.45. The molecule has 12 heteroatoms. The summed E-state index contributed by atoms with van der Waals surface area (Å²) in [5, 5.41) is 18.0. The molecule has 1 saturated heterocycles. The number of benzene rings is 2. The Morgan fingerprint density at radius 3 is 2.71 bits per heavy atom. The van der Waals surface area contributed by atoms with Crippen LogP contribution in [0.1, 0.15) is 12.0 Å². The van der Waals surface area contributed by atoms with Crippen molar-refractivity contribution in [2.24, 2.45) is 5.92 Å². The third kappa shape index (κ3) is 6.97. The number of hydrogen-bond donors (Lipinski definition) is 3. The number of nitrogens with one attached hydrogen (secondary N) is 2. The number of ether oxygens (including phenoxy) is 1. The van der Waals surface area contributed by atoms with Gasteiger partial charge in [-0.25, -0.2) is 4.39 Å². The normalized spacial score (nSPS) is 19.1. The van der Waals surface area contributed by atoms with E-state index in [1.165, 1.54) is 18.2 Å². The van der Waals surface area contributed by atoms with Crippen molar-refractivity contribution in [1.82, 2.24) is 14.8 Å². The summed E-state index contributed by atoms with van der Waals surface area (Å²) in [7, 11) is 0. The highest BCUT2D eigenvalue weighted by Gasteiger charge is 2.26. The number of anilines is 1. The van der Waals surface area contributed by atoms with Crippen LogP contribution in [0.2, 0.25) is 5.02 Å². The van der Waals surface area contributed by atoms with Crippen molar-refractivity contribution in [2.45, 2.75) is 25.6 Å². The molecule has 0 bridgehead atoms. The third-order valence-corrected chi connectivity index (χ3v) is 7.07. The molecule has 2 aliphatic heterocycles. The zero-order valence-electron chi connectivity index (χ0n) is 20.5. The number of halogens is 4. The number of carbonyl (C=O) groups excluding carboxylic acids is 1. The number of hydrogen-bond acceptors (Lipinski definition) is 6. The Bertz CT molecular complexity index is 1360. The number of carbonyl (C=O) groups is 1. The Labute approximate surface area is 236 Å². The minimum absolute atomic E-state index is 0. The lowest BCUT2D eigenvalue weighted by Gasteiger charge is -2.36. The largest absolute Gasteiger partial charge is 0.482 e. The summed E-state index contributed by atoms with van der Waals surface area (Å²) >= 11 is 6.40. The molecule has 1 fully saturated rings. The molecule has 2 unspecified atom stereocenters. The highest BCUT2D eigenvalue weighted by Crippen LogP contribution is 2.33. The summed E-state index contributed by atoms with van der Waals surface area (Å²) in [6.45, 7) is 3.42. The molecule has 0 spiro atoms. The summed E-state index contributed by atoms with van der Waals surface area (Å²) in [6, 6.07) is 11.2. The number of likely N-dealkylation sites (tertiary alicyclic amines) is 1. The molecule has 0 radical (unpaired) electrons. The molecule has 0 aliphatic carbocycles. The molecule has 3 aromatic rings. The summed E-state index contributed by atoms with van der Waals surface area (Å²) in [5.74, 6) is 0.184. The van der Waals surface area contributed by atoms with Crippen LogP contribution in [0.15, 0.2) is 47.3 Å². The zero-order valence-corrected chi connectivity index (χ0v) is 22.9. The van der Waals surface area contributed by atoms with E-state index in [0.29, 0.717) is 61.1 Å². The standard InChI is InChI=1S/C26H28ClFN4O4.2ClH/c27-21-10-24-22(30-25(34)15-36-24)8-18(21)12-29-11-16-7-20(33)14-31(13-16)5-6-32-23-9-19(28)3-1-17(23)2-4-26(32)35;;/h1-4,8-10,16,20,29,33H,5-7,11-15H2,(H,30,34);2*1H. The van der Waals surface area contributed by atoms with Gasteiger partial charge >= 0.3 is 0 Å². The molecule has 38 heavy (non-hydrogen) atoms. The molecule has 1 aromatic heterocycles. The molecule has 1 amide bonds. The fourth-order valence-corrected chi connectivity index (χ4v) is 5.25. The summed E-state index contributed by atoms with van der Waals surface area (Å²) in [5.41, 5.74) is 1.85. The topological polar surface area (TPSA) is 95.8 Å². The van der Waals surface area contributed by atoms with Gasteiger partial charge in [-0.15, -0.1) is 24.8 Å². The van der Waals surface area contributed by atoms with Gasteiger partial charge in [0.15, 0.2) is 6.61 Å². The van der Waals surface area contributed by atoms with Crippen LogP contribution in [-0.2, 0) is 17.9 Å². The fourth-order valence-electron chi connectivity index (χ4n) is 5.03. The molecule has 2 aromatic carbocycles. The molecule has 5 rings (SSSR count). The fraction of sp³-hybridized carbons (Fsp3) is 0.385. The predicted octanol–water partition coefficient (Wildman–Crippen LogP) is 3.44. The van der Waals surface area contributed by atoms with E-state index in [9.17, 15) is 19.1 Å². The predicted molar refractivity (Wildman–Crippen MR) is 150 cm³/mol. The van der Waals surface area contributed by atoms with E-state index in [-0.39, 0.29) is 54.6 Å². The van der Waals surface area contributed by atoms with Gasteiger partial charge in [-0.2, -0.15) is 0 Å². The Balaban J connectivity index is 0.00000200. The Hall–Kier alpha value is -2.40. The van der Waals surface area contributed by atoms with Gasteiger partial charge in [0.1, 0.15) is 11.6 Å². The second-order valence-corrected chi connectivity index (χ2v) is 9.86. The third-order valence-electron chi connectivity index (χ3n) is 6.72. The van der Waals surface area contributed by atoms with Crippen LogP contribution in [0.3, 0.4) is 0 Å². The maximum atomic E-state index is 13.8. The van der Waals surface area contributed by atoms with E-state index in [4.69, 9.17) is 16.3 Å². The van der Waals surface area contributed by atoms with E-state index in [1.54, 1.807) is 22.8 Å². The van der Waals surface area contributed by atoms with E-state index in [0.717, 1.165) is 17.5 Å². The minimum Gasteiger partial charge on any atom is -0.482 e. The Morgan fingerprint density at radius 1 is 1.11 bits per heavy atom. The van der Waals surface area contributed by atoms with Crippen molar-refractivity contribution in [2.75, 3.05) is 38.1 Å². The molecule has 3 N–H and O–H groups in total. The van der Waals surface area contributed by atoms with Crippen molar-refractivity contribution >= 4 is 58.9 Å². The first-order valence-corrected chi connectivity index (χ1v) is 12.4. The molecule has 2 aliphatic rings. The first-order valence-electron chi connectivity index (χ1n) is 12.0. The molecule has 0 saturated carbocycles. The number of rotatable bonds is 7. The van der Waals surface area contributed by atoms with E-state index in [1.807, 2.05) is 6.07 Å². The monoisotopic (exact) mass is 586 g/mol. The summed E-state index contributed by atoms with van der Waals surface area (Å²) in [4.78, 5) is 26.2. The van der Waals surface area contributed by atoms with Crippen LogP contribution in [0.4, 0.5) is 10.1 Å². The van der Waals surface area contributed by atoms with E-state index >= 15 is 0 Å². The number of aliphatic hydroxyl groups excluding tert-OH is 1. The van der Waals surface area contributed by atoms with Crippen molar-refractivity contribution in [3.63, 3.8) is 0 Å². The average molecular weight is 588 g/mol.